The van der Waals surface area contributed by atoms with Gasteiger partial charge in [0.2, 0.25) is 0 Å². The van der Waals surface area contributed by atoms with Gasteiger partial charge in [0, 0.05) is 44.7 Å². The molecule has 0 fully saturated rings. The summed E-state index contributed by atoms with van der Waals surface area (Å²) in [6.07, 6.45) is 2.25. The molecule has 0 N–H and O–H groups in total. The van der Waals surface area contributed by atoms with Crippen molar-refractivity contribution in [3.8, 4) is 0 Å². The Morgan fingerprint density at radius 2 is 1.56 bits per heavy atom. The van der Waals surface area contributed by atoms with E-state index in [1.807, 2.05) is 11.3 Å². The van der Waals surface area contributed by atoms with E-state index in [2.05, 4.69) is 95.8 Å². The van der Waals surface area contributed by atoms with Crippen molar-refractivity contribution in [2.24, 2.45) is 0 Å². The SMILES string of the molecule is CN1CN(c2ccccc2)C=C1c1ccc2c(c1)sc1ccccc12. The van der Waals surface area contributed by atoms with Crippen LogP contribution in [0.25, 0.3) is 25.9 Å². The highest BCUT2D eigenvalue weighted by atomic mass is 32.1. The average Bonchev–Trinajstić information content (AvgIpc) is 3.22. The quantitative estimate of drug-likeness (QED) is 0.457. The Hall–Kier alpha value is -2.78. The number of hydrogen-bond acceptors (Lipinski definition) is 3. The highest BCUT2D eigenvalue weighted by Crippen LogP contribution is 2.36. The second-order valence-corrected chi connectivity index (χ2v) is 7.55. The van der Waals surface area contributed by atoms with Gasteiger partial charge in [0.05, 0.1) is 12.4 Å². The van der Waals surface area contributed by atoms with Crippen molar-refractivity contribution in [1.82, 2.24) is 4.90 Å². The fourth-order valence-corrected chi connectivity index (χ4v) is 4.69. The zero-order chi connectivity index (χ0) is 16.8. The second kappa shape index (κ2) is 5.64. The Balaban J connectivity index is 1.59. The van der Waals surface area contributed by atoms with Crippen LogP contribution >= 0.6 is 11.3 Å². The average molecular weight is 342 g/mol. The third-order valence-electron chi connectivity index (χ3n) is 4.82. The fraction of sp³-hybridized carbons (Fsp3) is 0.0909. The second-order valence-electron chi connectivity index (χ2n) is 6.47. The molecule has 0 bridgehead atoms. The number of hydrogen-bond donors (Lipinski definition) is 0. The molecule has 3 aromatic carbocycles. The minimum absolute atomic E-state index is 0.879. The number of para-hydroxylation sites is 1. The maximum Gasteiger partial charge on any atom is 0.0944 e. The van der Waals surface area contributed by atoms with Gasteiger partial charge < -0.3 is 9.80 Å². The minimum atomic E-state index is 0.879. The van der Waals surface area contributed by atoms with Gasteiger partial charge in [-0.1, -0.05) is 48.5 Å². The number of anilines is 1. The van der Waals surface area contributed by atoms with Crippen molar-refractivity contribution in [3.63, 3.8) is 0 Å². The molecule has 4 aromatic rings. The zero-order valence-electron chi connectivity index (χ0n) is 14.0. The summed E-state index contributed by atoms with van der Waals surface area (Å²) < 4.78 is 2.71. The molecule has 1 aliphatic heterocycles. The lowest BCUT2D eigenvalue weighted by Gasteiger charge is -2.19. The van der Waals surface area contributed by atoms with Crippen molar-refractivity contribution in [3.05, 3.63) is 84.6 Å². The van der Waals surface area contributed by atoms with E-state index in [1.54, 1.807) is 0 Å². The molecule has 0 aliphatic carbocycles. The van der Waals surface area contributed by atoms with Crippen LogP contribution in [0.2, 0.25) is 0 Å². The summed E-state index contributed by atoms with van der Waals surface area (Å²) in [5.74, 6) is 0. The van der Waals surface area contributed by atoms with Crippen LogP contribution < -0.4 is 4.90 Å². The van der Waals surface area contributed by atoms with E-state index in [4.69, 9.17) is 0 Å². The van der Waals surface area contributed by atoms with Crippen LogP contribution in [0.5, 0.6) is 0 Å². The molecule has 122 valence electrons. The Kier molecular flexibility index (Phi) is 3.28. The van der Waals surface area contributed by atoms with Crippen LogP contribution in [0.15, 0.2) is 79.0 Å². The smallest absolute Gasteiger partial charge is 0.0944 e. The summed E-state index contributed by atoms with van der Waals surface area (Å²) in [6, 6.07) is 26.0. The molecular formula is C22H18N2S. The number of rotatable bonds is 2. The van der Waals surface area contributed by atoms with Crippen LogP contribution in [-0.2, 0) is 0 Å². The predicted molar refractivity (Wildman–Crippen MR) is 109 cm³/mol. The Morgan fingerprint density at radius 1 is 0.800 bits per heavy atom. The van der Waals surface area contributed by atoms with E-state index < -0.39 is 0 Å². The van der Waals surface area contributed by atoms with Gasteiger partial charge in [-0.2, -0.15) is 0 Å². The van der Waals surface area contributed by atoms with Crippen molar-refractivity contribution < 1.29 is 0 Å². The van der Waals surface area contributed by atoms with Gasteiger partial charge in [-0.3, -0.25) is 0 Å². The zero-order valence-corrected chi connectivity index (χ0v) is 14.8. The van der Waals surface area contributed by atoms with E-state index in [0.29, 0.717) is 0 Å². The molecule has 0 saturated heterocycles. The van der Waals surface area contributed by atoms with Gasteiger partial charge in [-0.15, -0.1) is 11.3 Å². The van der Waals surface area contributed by atoms with Crippen LogP contribution in [0.1, 0.15) is 5.56 Å². The molecule has 0 spiro atoms. The van der Waals surface area contributed by atoms with Crippen LogP contribution in [-0.4, -0.2) is 18.6 Å². The topological polar surface area (TPSA) is 6.48 Å². The van der Waals surface area contributed by atoms with Crippen LogP contribution in [0, 0.1) is 0 Å². The monoisotopic (exact) mass is 342 g/mol. The summed E-state index contributed by atoms with van der Waals surface area (Å²) in [7, 11) is 2.16. The summed E-state index contributed by atoms with van der Waals surface area (Å²) in [6.45, 7) is 0.879. The van der Waals surface area contributed by atoms with E-state index in [1.165, 1.54) is 37.1 Å². The van der Waals surface area contributed by atoms with E-state index in [0.717, 1.165) is 6.67 Å². The maximum atomic E-state index is 2.33. The third-order valence-corrected chi connectivity index (χ3v) is 5.95. The highest BCUT2D eigenvalue weighted by molar-refractivity contribution is 7.25. The van der Waals surface area contributed by atoms with Gasteiger partial charge in [0.15, 0.2) is 0 Å². The van der Waals surface area contributed by atoms with Crippen molar-refractivity contribution in [2.75, 3.05) is 18.6 Å². The lowest BCUT2D eigenvalue weighted by molar-refractivity contribution is 0.516. The number of fused-ring (bicyclic) bond motifs is 3. The molecule has 2 heterocycles. The molecule has 1 aliphatic rings. The first-order chi connectivity index (χ1) is 12.3. The highest BCUT2D eigenvalue weighted by Gasteiger charge is 2.20. The number of thiophene rings is 1. The minimum Gasteiger partial charge on any atom is -0.355 e. The van der Waals surface area contributed by atoms with Crippen molar-refractivity contribution in [1.29, 1.82) is 0 Å². The molecule has 0 unspecified atom stereocenters. The first kappa shape index (κ1) is 14.6. The third kappa shape index (κ3) is 2.39. The van der Waals surface area contributed by atoms with Gasteiger partial charge in [0.1, 0.15) is 0 Å². The lowest BCUT2D eigenvalue weighted by atomic mass is 10.1. The van der Waals surface area contributed by atoms with Gasteiger partial charge >= 0.3 is 0 Å². The Morgan fingerprint density at radius 3 is 2.44 bits per heavy atom. The van der Waals surface area contributed by atoms with Gasteiger partial charge in [-0.25, -0.2) is 0 Å². The molecular weight excluding hydrogens is 324 g/mol. The van der Waals surface area contributed by atoms with Crippen LogP contribution in [0.4, 0.5) is 5.69 Å². The molecule has 25 heavy (non-hydrogen) atoms. The maximum absolute atomic E-state index is 2.33. The first-order valence-corrected chi connectivity index (χ1v) is 9.27. The van der Waals surface area contributed by atoms with Gasteiger partial charge in [-0.05, 0) is 24.3 Å². The normalized spacial score (nSPS) is 14.5. The predicted octanol–water partition coefficient (Wildman–Crippen LogP) is 5.76. The number of benzene rings is 3. The van der Waals surface area contributed by atoms with Crippen molar-refractivity contribution >= 4 is 42.9 Å². The standard InChI is InChI=1S/C22H18N2S/c1-23-15-24(17-7-3-2-4-8-17)14-20(23)16-11-12-19-18-9-5-6-10-21(18)25-22(19)13-16/h2-14H,15H2,1H3. The molecule has 0 radical (unpaired) electrons. The van der Waals surface area contributed by atoms with Crippen molar-refractivity contribution in [2.45, 2.75) is 0 Å². The molecule has 3 heteroatoms. The first-order valence-electron chi connectivity index (χ1n) is 8.46. The van der Waals surface area contributed by atoms with Gasteiger partial charge in [0.25, 0.3) is 0 Å². The summed E-state index contributed by atoms with van der Waals surface area (Å²) in [4.78, 5) is 4.60. The number of nitrogens with zero attached hydrogens (tertiary/aromatic N) is 2. The molecule has 0 atom stereocenters. The molecule has 5 rings (SSSR count). The Labute approximate surface area is 151 Å². The largest absolute Gasteiger partial charge is 0.355 e. The van der Waals surface area contributed by atoms with E-state index >= 15 is 0 Å². The van der Waals surface area contributed by atoms with Crippen LogP contribution in [0.3, 0.4) is 0 Å². The summed E-state index contributed by atoms with van der Waals surface area (Å²) in [5.41, 5.74) is 3.77. The molecule has 1 aromatic heterocycles. The summed E-state index contributed by atoms with van der Waals surface area (Å²) in [5, 5.41) is 2.71. The fourth-order valence-electron chi connectivity index (χ4n) is 3.55. The molecule has 0 amide bonds. The lowest BCUT2D eigenvalue weighted by Crippen LogP contribution is -2.22. The Bertz CT molecular complexity index is 1090. The van der Waals surface area contributed by atoms with E-state index in [-0.39, 0.29) is 0 Å². The molecule has 0 saturated carbocycles. The van der Waals surface area contributed by atoms with E-state index in [9.17, 15) is 0 Å². The molecule has 2 nitrogen and oxygen atoms in total. The summed E-state index contributed by atoms with van der Waals surface area (Å²) >= 11 is 1.87.